The summed E-state index contributed by atoms with van der Waals surface area (Å²) >= 11 is 0. The second-order valence-electron chi connectivity index (χ2n) is 7.07. The van der Waals surface area contributed by atoms with Crippen molar-refractivity contribution in [2.75, 3.05) is 28.2 Å². The highest BCUT2D eigenvalue weighted by Crippen LogP contribution is 2.25. The Morgan fingerprint density at radius 1 is 0.679 bits per heavy atom. The Morgan fingerprint density at radius 2 is 1.04 bits per heavy atom. The van der Waals surface area contributed by atoms with Crippen LogP contribution < -0.4 is 0 Å². The maximum atomic E-state index is 14.1. The molecule has 0 aliphatic heterocycles. The Morgan fingerprint density at radius 3 is 1.32 bits per heavy atom. The fraction of sp³-hybridized carbons (Fsp3) is 0.250. The molecule has 148 valence electrons. The Bertz CT molecular complexity index is 742. The van der Waals surface area contributed by atoms with Crippen molar-refractivity contribution in [1.82, 2.24) is 9.80 Å². The lowest BCUT2D eigenvalue weighted by molar-refractivity contribution is 0.288. The largest absolute Gasteiger partial charge is 0.299 e. The molecule has 2 atom stereocenters. The van der Waals surface area contributed by atoms with Gasteiger partial charge in [-0.25, -0.2) is 0 Å². The number of hydrogen-bond donors (Lipinski definition) is 0. The van der Waals surface area contributed by atoms with Crippen LogP contribution in [-0.2, 0) is 0 Å². The first-order valence-electron chi connectivity index (χ1n) is 9.24. The summed E-state index contributed by atoms with van der Waals surface area (Å²) in [5, 5.41) is 0. The summed E-state index contributed by atoms with van der Waals surface area (Å²) in [6, 6.07) is 18.4. The first-order valence-corrected chi connectivity index (χ1v) is 9.24. The van der Waals surface area contributed by atoms with Crippen LogP contribution in [0.25, 0.3) is 12.2 Å². The quantitative estimate of drug-likeness (QED) is 0.601. The van der Waals surface area contributed by atoms with Crippen molar-refractivity contribution in [3.05, 3.63) is 95.6 Å². The molecule has 0 aromatic heterocycles. The van der Waals surface area contributed by atoms with E-state index in [1.54, 1.807) is 9.80 Å². The highest BCUT2D eigenvalue weighted by molar-refractivity contribution is 5.53. The first-order chi connectivity index (χ1) is 13.4. The zero-order chi connectivity index (χ0) is 20.5. The average molecular weight is 382 g/mol. The van der Waals surface area contributed by atoms with Gasteiger partial charge in [-0.2, -0.15) is 8.78 Å². The summed E-state index contributed by atoms with van der Waals surface area (Å²) in [5.74, 6) is 0. The van der Waals surface area contributed by atoms with Crippen LogP contribution in [0.5, 0.6) is 0 Å². The van der Waals surface area contributed by atoms with Crippen molar-refractivity contribution in [3.8, 4) is 0 Å². The Labute approximate surface area is 167 Å². The van der Waals surface area contributed by atoms with Crippen LogP contribution in [0.3, 0.4) is 0 Å². The molecular weight excluding hydrogens is 354 g/mol. The number of likely N-dealkylation sites (N-methyl/N-ethyl adjacent to an activating group) is 2. The Hall–Kier alpha value is -2.56. The minimum Gasteiger partial charge on any atom is -0.299 e. The molecule has 2 aromatic rings. The van der Waals surface area contributed by atoms with E-state index >= 15 is 0 Å². The smallest absolute Gasteiger partial charge is 0.273 e. The van der Waals surface area contributed by atoms with Crippen molar-refractivity contribution in [1.29, 1.82) is 0 Å². The molecule has 0 heterocycles. The van der Waals surface area contributed by atoms with Gasteiger partial charge in [-0.3, -0.25) is 9.80 Å². The molecule has 0 N–H and O–H groups in total. The van der Waals surface area contributed by atoms with Gasteiger partial charge in [0.05, 0.1) is 12.1 Å². The summed E-state index contributed by atoms with van der Waals surface area (Å²) < 4.78 is 28.3. The molecule has 0 fully saturated rings. The standard InChI is InChI=1S/C24H28F2N2/c1-27(2)21(17-15-19-11-7-5-8-12-19)23(24(25)26)22(28(3)4)18-16-20-13-9-6-10-14-20/h5-18,21-22H,1-4H3/b17-15+,18-16+. The third-order valence-electron chi connectivity index (χ3n) is 4.51. The van der Waals surface area contributed by atoms with Crippen LogP contribution in [0.4, 0.5) is 8.78 Å². The van der Waals surface area contributed by atoms with Gasteiger partial charge in [0.2, 0.25) is 0 Å². The summed E-state index contributed by atoms with van der Waals surface area (Å²) in [6.45, 7) is 0. The maximum Gasteiger partial charge on any atom is 0.273 e. The summed E-state index contributed by atoms with van der Waals surface area (Å²) in [6.07, 6.45) is 5.79. The van der Waals surface area contributed by atoms with Crippen LogP contribution in [0, 0.1) is 0 Å². The lowest BCUT2D eigenvalue weighted by Crippen LogP contribution is -2.39. The molecule has 0 spiro atoms. The highest BCUT2D eigenvalue weighted by atomic mass is 19.3. The molecular formula is C24H28F2N2. The molecule has 2 nitrogen and oxygen atoms in total. The van der Waals surface area contributed by atoms with Gasteiger partial charge in [-0.15, -0.1) is 0 Å². The summed E-state index contributed by atoms with van der Waals surface area (Å²) in [7, 11) is 7.26. The zero-order valence-corrected chi connectivity index (χ0v) is 16.9. The second kappa shape index (κ2) is 10.7. The molecule has 0 aliphatic carbocycles. The van der Waals surface area contributed by atoms with Gasteiger partial charge in [-0.05, 0) is 39.3 Å². The molecule has 0 bridgehead atoms. The number of benzene rings is 2. The van der Waals surface area contributed by atoms with Crippen LogP contribution in [0.1, 0.15) is 11.1 Å². The predicted molar refractivity (Wildman–Crippen MR) is 115 cm³/mol. The predicted octanol–water partition coefficient (Wildman–Crippen LogP) is 5.42. The third kappa shape index (κ3) is 6.25. The van der Waals surface area contributed by atoms with Crippen molar-refractivity contribution in [3.63, 3.8) is 0 Å². The fourth-order valence-corrected chi connectivity index (χ4v) is 3.04. The average Bonchev–Trinajstić information content (AvgIpc) is 2.67. The number of hydrogen-bond acceptors (Lipinski definition) is 2. The molecule has 2 rings (SSSR count). The van der Waals surface area contributed by atoms with E-state index in [-0.39, 0.29) is 5.57 Å². The number of nitrogens with zero attached hydrogens (tertiary/aromatic N) is 2. The van der Waals surface area contributed by atoms with E-state index in [9.17, 15) is 8.78 Å². The molecule has 2 unspecified atom stereocenters. The normalized spacial score (nSPS) is 14.1. The van der Waals surface area contributed by atoms with E-state index in [1.807, 2.05) is 113 Å². The SMILES string of the molecule is CN(C)C(/C=C/c1ccccc1)C(=C(F)F)C(/C=C/c1ccccc1)N(C)C. The topological polar surface area (TPSA) is 6.48 Å². The van der Waals surface area contributed by atoms with Gasteiger partial charge in [0.25, 0.3) is 6.08 Å². The van der Waals surface area contributed by atoms with Gasteiger partial charge >= 0.3 is 0 Å². The summed E-state index contributed by atoms with van der Waals surface area (Å²) in [4.78, 5) is 3.61. The zero-order valence-electron chi connectivity index (χ0n) is 16.9. The number of rotatable bonds is 8. The van der Waals surface area contributed by atoms with E-state index in [4.69, 9.17) is 0 Å². The van der Waals surface area contributed by atoms with Crippen LogP contribution in [-0.4, -0.2) is 50.1 Å². The van der Waals surface area contributed by atoms with E-state index in [1.165, 1.54) is 0 Å². The van der Waals surface area contributed by atoms with E-state index in [2.05, 4.69) is 0 Å². The molecule has 0 saturated heterocycles. The molecule has 28 heavy (non-hydrogen) atoms. The lowest BCUT2D eigenvalue weighted by Gasteiger charge is -2.31. The molecule has 4 heteroatoms. The van der Waals surface area contributed by atoms with Crippen LogP contribution in [0.15, 0.2) is 84.5 Å². The van der Waals surface area contributed by atoms with E-state index < -0.39 is 18.2 Å². The van der Waals surface area contributed by atoms with Gasteiger partial charge in [0, 0.05) is 5.57 Å². The first kappa shape index (κ1) is 21.7. The van der Waals surface area contributed by atoms with Crippen LogP contribution in [0.2, 0.25) is 0 Å². The second-order valence-corrected chi connectivity index (χ2v) is 7.07. The Balaban J connectivity index is 2.38. The van der Waals surface area contributed by atoms with Gasteiger partial charge in [0.15, 0.2) is 0 Å². The maximum absolute atomic E-state index is 14.1. The fourth-order valence-electron chi connectivity index (χ4n) is 3.04. The van der Waals surface area contributed by atoms with Crippen molar-refractivity contribution < 1.29 is 8.78 Å². The van der Waals surface area contributed by atoms with Gasteiger partial charge in [0.1, 0.15) is 0 Å². The minimum absolute atomic E-state index is 0.0781. The third-order valence-corrected chi connectivity index (χ3v) is 4.51. The molecule has 0 aliphatic rings. The molecule has 0 amide bonds. The van der Waals surface area contributed by atoms with Crippen LogP contribution >= 0.6 is 0 Å². The Kier molecular flexibility index (Phi) is 8.30. The van der Waals surface area contributed by atoms with Gasteiger partial charge in [-0.1, -0.05) is 85.0 Å². The minimum atomic E-state index is -1.65. The monoisotopic (exact) mass is 382 g/mol. The van der Waals surface area contributed by atoms with Gasteiger partial charge < -0.3 is 0 Å². The lowest BCUT2D eigenvalue weighted by atomic mass is 9.96. The molecule has 0 saturated carbocycles. The van der Waals surface area contributed by atoms with Crippen molar-refractivity contribution in [2.24, 2.45) is 0 Å². The van der Waals surface area contributed by atoms with E-state index in [0.717, 1.165) is 11.1 Å². The number of halogens is 2. The summed E-state index contributed by atoms with van der Waals surface area (Å²) in [5.41, 5.74) is 2.04. The van der Waals surface area contributed by atoms with Crippen molar-refractivity contribution in [2.45, 2.75) is 12.1 Å². The molecule has 2 aromatic carbocycles. The van der Waals surface area contributed by atoms with Crippen molar-refractivity contribution >= 4 is 12.2 Å². The van der Waals surface area contributed by atoms with E-state index in [0.29, 0.717) is 0 Å². The molecule has 0 radical (unpaired) electrons. The highest BCUT2D eigenvalue weighted by Gasteiger charge is 2.27.